The molecule has 0 radical (unpaired) electrons. The maximum atomic E-state index is 10.7. The molecule has 0 aromatic carbocycles. The average Bonchev–Trinajstić information content (AvgIpc) is 2.43. The monoisotopic (exact) mass is 306 g/mol. The Morgan fingerprint density at radius 1 is 1.32 bits per heavy atom. The fraction of sp³-hybridized carbons (Fsp3) is 0.750. The number of Topliss-reactive ketones (excluding diaryl/α,β-unsaturated/α-hetero) is 1. The van der Waals surface area contributed by atoms with Crippen LogP contribution in [0, 0.1) is 29.1 Å². The van der Waals surface area contributed by atoms with Gasteiger partial charge < -0.3 is 5.11 Å². The third-order valence-electron chi connectivity index (χ3n) is 5.71. The number of ketones is 1. The molecule has 0 aromatic rings. The highest BCUT2D eigenvalue weighted by Crippen LogP contribution is 2.40. The van der Waals surface area contributed by atoms with E-state index in [4.69, 9.17) is 0 Å². The van der Waals surface area contributed by atoms with Gasteiger partial charge in [0.25, 0.3) is 0 Å². The molecule has 0 aromatic heterocycles. The number of hydrogen-bond acceptors (Lipinski definition) is 2. The summed E-state index contributed by atoms with van der Waals surface area (Å²) in [5.41, 5.74) is 1.27. The maximum Gasteiger partial charge on any atom is 0.135 e. The van der Waals surface area contributed by atoms with Crippen LogP contribution in [-0.2, 0) is 4.79 Å². The molecule has 2 aliphatic carbocycles. The van der Waals surface area contributed by atoms with Crippen LogP contribution in [0.5, 0.6) is 0 Å². The van der Waals surface area contributed by atoms with E-state index < -0.39 is 0 Å². The number of carbonyl (C=O) groups excluding carboxylic acids is 1. The summed E-state index contributed by atoms with van der Waals surface area (Å²) in [4.78, 5) is 10.7. The molecule has 0 fully saturated rings. The van der Waals surface area contributed by atoms with E-state index in [9.17, 15) is 9.90 Å². The van der Waals surface area contributed by atoms with E-state index in [0.29, 0.717) is 23.7 Å². The molecule has 126 valence electrons. The highest BCUT2D eigenvalue weighted by molar-refractivity contribution is 5.81. The Balaban J connectivity index is 0.000000261. The zero-order chi connectivity index (χ0) is 17.1. The first-order valence-corrected chi connectivity index (χ1v) is 8.69. The lowest BCUT2D eigenvalue weighted by Gasteiger charge is -2.39. The Labute approximate surface area is 136 Å². The molecule has 0 heterocycles. The molecular formula is C20H34O2. The van der Waals surface area contributed by atoms with E-state index in [2.05, 4.69) is 39.0 Å². The Bertz CT molecular complexity index is 445. The minimum Gasteiger partial charge on any atom is -0.392 e. The second kappa shape index (κ2) is 7.59. The molecule has 2 heteroatoms. The fourth-order valence-corrected chi connectivity index (χ4v) is 3.09. The van der Waals surface area contributed by atoms with Crippen LogP contribution in [0.4, 0.5) is 0 Å². The summed E-state index contributed by atoms with van der Waals surface area (Å²) >= 11 is 0. The van der Waals surface area contributed by atoms with Gasteiger partial charge in [0, 0.05) is 11.3 Å². The lowest BCUT2D eigenvalue weighted by atomic mass is 9.68. The van der Waals surface area contributed by atoms with Crippen molar-refractivity contribution in [2.75, 3.05) is 0 Å². The number of allylic oxidation sites excluding steroid dienone is 3. The van der Waals surface area contributed by atoms with Gasteiger partial charge in [0.2, 0.25) is 0 Å². The fourth-order valence-electron chi connectivity index (χ4n) is 3.09. The van der Waals surface area contributed by atoms with Crippen molar-refractivity contribution in [3.8, 4) is 0 Å². The van der Waals surface area contributed by atoms with Crippen LogP contribution >= 0.6 is 0 Å². The largest absolute Gasteiger partial charge is 0.392 e. The van der Waals surface area contributed by atoms with Gasteiger partial charge in [-0.25, -0.2) is 0 Å². The van der Waals surface area contributed by atoms with Crippen molar-refractivity contribution in [2.24, 2.45) is 29.1 Å². The Morgan fingerprint density at radius 3 is 2.36 bits per heavy atom. The molecule has 0 spiro atoms. The van der Waals surface area contributed by atoms with Gasteiger partial charge in [-0.15, -0.1) is 0 Å². The van der Waals surface area contributed by atoms with Gasteiger partial charge in [0.1, 0.15) is 5.78 Å². The summed E-state index contributed by atoms with van der Waals surface area (Å²) in [5.74, 6) is 2.36. The lowest BCUT2D eigenvalue weighted by molar-refractivity contribution is -0.124. The molecule has 5 atom stereocenters. The summed E-state index contributed by atoms with van der Waals surface area (Å²) in [6, 6.07) is 0. The van der Waals surface area contributed by atoms with Crippen molar-refractivity contribution in [1.29, 1.82) is 0 Å². The van der Waals surface area contributed by atoms with Gasteiger partial charge in [-0.2, -0.15) is 0 Å². The first-order valence-electron chi connectivity index (χ1n) is 8.69. The van der Waals surface area contributed by atoms with Gasteiger partial charge in [-0.05, 0) is 43.1 Å². The molecule has 2 aliphatic rings. The third kappa shape index (κ3) is 4.55. The molecule has 0 saturated carbocycles. The molecule has 22 heavy (non-hydrogen) atoms. The quantitative estimate of drug-likeness (QED) is 0.797. The van der Waals surface area contributed by atoms with Crippen LogP contribution in [0.3, 0.4) is 0 Å². The number of rotatable bonds is 2. The lowest BCUT2D eigenvalue weighted by Crippen LogP contribution is -2.36. The van der Waals surface area contributed by atoms with Gasteiger partial charge in [0.15, 0.2) is 0 Å². The molecule has 0 bridgehead atoms. The van der Waals surface area contributed by atoms with Crippen LogP contribution in [0.15, 0.2) is 23.8 Å². The average molecular weight is 306 g/mol. The second-order valence-electron chi connectivity index (χ2n) is 7.84. The Hall–Kier alpha value is -0.890. The first kappa shape index (κ1) is 19.2. The zero-order valence-corrected chi connectivity index (χ0v) is 15.4. The molecule has 1 N–H and O–H groups in total. The summed E-state index contributed by atoms with van der Waals surface area (Å²) in [6.07, 6.45) is 8.55. The number of carbonyl (C=O) groups is 1. The molecular weight excluding hydrogens is 272 g/mol. The van der Waals surface area contributed by atoms with Gasteiger partial charge >= 0.3 is 0 Å². The number of fused-ring (bicyclic) bond motifs is 1. The Kier molecular flexibility index (Phi) is 6.61. The molecule has 5 unspecified atom stereocenters. The molecule has 0 aliphatic heterocycles. The van der Waals surface area contributed by atoms with E-state index in [1.165, 1.54) is 5.57 Å². The normalized spacial score (nSPS) is 34.2. The minimum atomic E-state index is -0.132. The number of aliphatic hydroxyl groups is 1. The smallest absolute Gasteiger partial charge is 0.135 e. The highest BCUT2D eigenvalue weighted by atomic mass is 16.3. The van der Waals surface area contributed by atoms with E-state index in [1.807, 2.05) is 20.8 Å². The predicted molar refractivity (Wildman–Crippen MR) is 93.6 cm³/mol. The Morgan fingerprint density at radius 2 is 1.91 bits per heavy atom. The first-order chi connectivity index (χ1) is 10.1. The van der Waals surface area contributed by atoms with Crippen molar-refractivity contribution in [1.82, 2.24) is 0 Å². The van der Waals surface area contributed by atoms with Crippen molar-refractivity contribution in [3.05, 3.63) is 23.8 Å². The SMILES string of the molecule is CC1C=C2C=CC(C)C(C)C2C(O)C1.CCC(C)(C)C(C)=O. The van der Waals surface area contributed by atoms with E-state index in [1.54, 1.807) is 6.92 Å². The van der Waals surface area contributed by atoms with Crippen LogP contribution in [0.25, 0.3) is 0 Å². The van der Waals surface area contributed by atoms with Crippen LogP contribution in [0.2, 0.25) is 0 Å². The second-order valence-corrected chi connectivity index (χ2v) is 7.84. The summed E-state index contributed by atoms with van der Waals surface area (Å²) < 4.78 is 0. The van der Waals surface area contributed by atoms with E-state index in [-0.39, 0.29) is 17.3 Å². The zero-order valence-electron chi connectivity index (χ0n) is 15.4. The number of hydrogen-bond donors (Lipinski definition) is 1. The summed E-state index contributed by atoms with van der Waals surface area (Å²) in [6.45, 7) is 14.3. The predicted octanol–water partition coefficient (Wildman–Crippen LogP) is 4.78. The van der Waals surface area contributed by atoms with Gasteiger partial charge in [-0.3, -0.25) is 4.79 Å². The summed E-state index contributed by atoms with van der Waals surface area (Å²) in [5, 5.41) is 10.1. The van der Waals surface area contributed by atoms with Crippen molar-refractivity contribution in [3.63, 3.8) is 0 Å². The van der Waals surface area contributed by atoms with Crippen molar-refractivity contribution < 1.29 is 9.90 Å². The van der Waals surface area contributed by atoms with Gasteiger partial charge in [0.05, 0.1) is 6.10 Å². The highest BCUT2D eigenvalue weighted by Gasteiger charge is 2.35. The maximum absolute atomic E-state index is 10.7. The van der Waals surface area contributed by atoms with Crippen LogP contribution in [0.1, 0.15) is 61.3 Å². The standard InChI is InChI=1S/C13H20O.C7H14O/c1-8-6-11-5-4-9(2)10(3)13(11)12(14)7-8;1-5-7(3,4)6(2)8/h4-6,8-10,12-14H,7H2,1-3H3;5H2,1-4H3. The van der Waals surface area contributed by atoms with Crippen molar-refractivity contribution in [2.45, 2.75) is 67.4 Å². The third-order valence-corrected chi connectivity index (χ3v) is 5.71. The molecule has 2 nitrogen and oxygen atoms in total. The van der Waals surface area contributed by atoms with E-state index >= 15 is 0 Å². The summed E-state index contributed by atoms with van der Waals surface area (Å²) in [7, 11) is 0. The molecule has 0 saturated heterocycles. The van der Waals surface area contributed by atoms with E-state index in [0.717, 1.165) is 12.8 Å². The van der Waals surface area contributed by atoms with Crippen LogP contribution in [-0.4, -0.2) is 17.0 Å². The van der Waals surface area contributed by atoms with Crippen LogP contribution < -0.4 is 0 Å². The number of aliphatic hydroxyl groups excluding tert-OH is 1. The minimum absolute atomic E-state index is 0.0972. The molecule has 0 amide bonds. The van der Waals surface area contributed by atoms with Gasteiger partial charge in [-0.1, -0.05) is 59.8 Å². The topological polar surface area (TPSA) is 37.3 Å². The molecule has 2 rings (SSSR count). The van der Waals surface area contributed by atoms with Crippen molar-refractivity contribution >= 4 is 5.78 Å².